The number of carboxylic acids is 1. The summed E-state index contributed by atoms with van der Waals surface area (Å²) >= 11 is 7.21. The molecule has 21 heavy (non-hydrogen) atoms. The molecule has 1 saturated carbocycles. The van der Waals surface area contributed by atoms with Crippen LogP contribution in [0, 0.1) is 5.92 Å². The standard InChI is InChI=1S/C14H19ClN2O3S/c15-11-7-6-10(21-11)8-16-14(20)17-12(13(18)19)9-4-2-1-3-5-9/h6-7,9,12H,1-5,8H2,(H,18,19)(H2,16,17,20). The highest BCUT2D eigenvalue weighted by atomic mass is 35.5. The molecule has 1 aromatic rings. The quantitative estimate of drug-likeness (QED) is 0.775. The molecule has 3 N–H and O–H groups in total. The number of rotatable bonds is 5. The molecular weight excluding hydrogens is 312 g/mol. The second kappa shape index (κ2) is 7.66. The van der Waals surface area contributed by atoms with Crippen LogP contribution in [0.4, 0.5) is 4.79 Å². The normalized spacial score (nSPS) is 17.2. The number of carboxylic acid groups (broad SMARTS) is 1. The molecule has 1 atom stereocenters. The third kappa shape index (κ3) is 4.89. The van der Waals surface area contributed by atoms with Crippen LogP contribution >= 0.6 is 22.9 Å². The van der Waals surface area contributed by atoms with Crippen LogP contribution in [0.25, 0.3) is 0 Å². The summed E-state index contributed by atoms with van der Waals surface area (Å²) in [6.07, 6.45) is 4.93. The summed E-state index contributed by atoms with van der Waals surface area (Å²) < 4.78 is 0.665. The zero-order valence-electron chi connectivity index (χ0n) is 11.6. The number of aliphatic carboxylic acids is 1. The average molecular weight is 331 g/mol. The molecule has 5 nitrogen and oxygen atoms in total. The number of hydrogen-bond acceptors (Lipinski definition) is 3. The molecule has 0 saturated heterocycles. The first-order chi connectivity index (χ1) is 10.1. The molecule has 0 spiro atoms. The molecule has 0 bridgehead atoms. The molecule has 0 radical (unpaired) electrons. The largest absolute Gasteiger partial charge is 0.480 e. The number of amides is 2. The number of carbonyl (C=O) groups excluding carboxylic acids is 1. The molecule has 1 aliphatic rings. The summed E-state index contributed by atoms with van der Waals surface area (Å²) in [5.41, 5.74) is 0. The number of urea groups is 1. The van der Waals surface area contributed by atoms with Gasteiger partial charge in [-0.2, -0.15) is 0 Å². The lowest BCUT2D eigenvalue weighted by Gasteiger charge is -2.28. The number of halogens is 1. The fraction of sp³-hybridized carbons (Fsp3) is 0.571. The van der Waals surface area contributed by atoms with Crippen molar-refractivity contribution in [3.05, 3.63) is 21.3 Å². The number of thiophene rings is 1. The zero-order valence-corrected chi connectivity index (χ0v) is 13.2. The van der Waals surface area contributed by atoms with Gasteiger partial charge >= 0.3 is 12.0 Å². The predicted octanol–water partition coefficient (Wildman–Crippen LogP) is 3.23. The van der Waals surface area contributed by atoms with Crippen LogP contribution in [0.3, 0.4) is 0 Å². The molecule has 1 aliphatic carbocycles. The second-order valence-corrected chi connectivity index (χ2v) is 7.05. The van der Waals surface area contributed by atoms with E-state index >= 15 is 0 Å². The van der Waals surface area contributed by atoms with E-state index in [4.69, 9.17) is 11.6 Å². The van der Waals surface area contributed by atoms with Gasteiger partial charge < -0.3 is 15.7 Å². The van der Waals surface area contributed by atoms with Gasteiger partial charge in [0.25, 0.3) is 0 Å². The topological polar surface area (TPSA) is 78.4 Å². The maximum absolute atomic E-state index is 11.9. The van der Waals surface area contributed by atoms with E-state index in [1.54, 1.807) is 6.07 Å². The van der Waals surface area contributed by atoms with Crippen molar-refractivity contribution >= 4 is 34.9 Å². The Bertz CT molecular complexity index is 500. The summed E-state index contributed by atoms with van der Waals surface area (Å²) in [5, 5.41) is 14.6. The van der Waals surface area contributed by atoms with Crippen molar-refractivity contribution in [2.75, 3.05) is 0 Å². The van der Waals surface area contributed by atoms with Crippen molar-refractivity contribution in [3.63, 3.8) is 0 Å². The minimum Gasteiger partial charge on any atom is -0.480 e. The molecule has 2 amide bonds. The SMILES string of the molecule is O=C(NCc1ccc(Cl)s1)NC(C(=O)O)C1CCCCC1. The number of hydrogen-bond donors (Lipinski definition) is 3. The first-order valence-electron chi connectivity index (χ1n) is 7.07. The van der Waals surface area contributed by atoms with Crippen LogP contribution in [0.2, 0.25) is 4.34 Å². The van der Waals surface area contributed by atoms with Crippen LogP contribution < -0.4 is 10.6 Å². The molecule has 7 heteroatoms. The monoisotopic (exact) mass is 330 g/mol. The smallest absolute Gasteiger partial charge is 0.326 e. The van der Waals surface area contributed by atoms with E-state index in [9.17, 15) is 14.7 Å². The Morgan fingerprint density at radius 3 is 2.62 bits per heavy atom. The van der Waals surface area contributed by atoms with Crippen molar-refractivity contribution in [2.45, 2.75) is 44.7 Å². The van der Waals surface area contributed by atoms with Crippen LogP contribution in [-0.2, 0) is 11.3 Å². The number of nitrogens with one attached hydrogen (secondary N) is 2. The van der Waals surface area contributed by atoms with Gasteiger partial charge in [0.2, 0.25) is 0 Å². The first-order valence-corrected chi connectivity index (χ1v) is 8.27. The molecule has 1 fully saturated rings. The summed E-state index contributed by atoms with van der Waals surface area (Å²) in [7, 11) is 0. The van der Waals surface area contributed by atoms with Crippen molar-refractivity contribution < 1.29 is 14.7 Å². The maximum atomic E-state index is 11.9. The average Bonchev–Trinajstić information content (AvgIpc) is 2.89. The Hall–Kier alpha value is -1.27. The predicted molar refractivity (Wildman–Crippen MR) is 82.7 cm³/mol. The summed E-state index contributed by atoms with van der Waals surface area (Å²) in [6, 6.07) is 2.35. The van der Waals surface area contributed by atoms with Gasteiger partial charge in [0.1, 0.15) is 6.04 Å². The Morgan fingerprint density at radius 2 is 2.05 bits per heavy atom. The van der Waals surface area contributed by atoms with E-state index in [1.165, 1.54) is 11.3 Å². The van der Waals surface area contributed by atoms with Gasteiger partial charge in [0, 0.05) is 4.88 Å². The van der Waals surface area contributed by atoms with Crippen LogP contribution in [0.15, 0.2) is 12.1 Å². The van der Waals surface area contributed by atoms with Crippen molar-refractivity contribution in [2.24, 2.45) is 5.92 Å². The highest BCUT2D eigenvalue weighted by Gasteiger charge is 2.30. The lowest BCUT2D eigenvalue weighted by atomic mass is 9.84. The molecule has 116 valence electrons. The van der Waals surface area contributed by atoms with E-state index in [0.29, 0.717) is 10.9 Å². The summed E-state index contributed by atoms with van der Waals surface area (Å²) in [6.45, 7) is 0.347. The van der Waals surface area contributed by atoms with Gasteiger partial charge in [0.15, 0.2) is 0 Å². The maximum Gasteiger partial charge on any atom is 0.326 e. The molecule has 0 aliphatic heterocycles. The van der Waals surface area contributed by atoms with Gasteiger partial charge in [-0.05, 0) is 30.9 Å². The minimum atomic E-state index is -0.962. The highest BCUT2D eigenvalue weighted by molar-refractivity contribution is 7.16. The zero-order chi connectivity index (χ0) is 15.2. The first kappa shape index (κ1) is 16.1. The van der Waals surface area contributed by atoms with Gasteiger partial charge in [-0.1, -0.05) is 30.9 Å². The Labute approximate surface area is 132 Å². The van der Waals surface area contributed by atoms with Crippen molar-refractivity contribution in [3.8, 4) is 0 Å². The molecular formula is C14H19ClN2O3S. The third-order valence-corrected chi connectivity index (χ3v) is 4.96. The van der Waals surface area contributed by atoms with Crippen LogP contribution in [0.1, 0.15) is 37.0 Å². The van der Waals surface area contributed by atoms with Crippen molar-refractivity contribution in [1.29, 1.82) is 0 Å². The molecule has 0 aromatic carbocycles. The second-order valence-electron chi connectivity index (χ2n) is 5.25. The highest BCUT2D eigenvalue weighted by Crippen LogP contribution is 2.26. The Morgan fingerprint density at radius 1 is 1.33 bits per heavy atom. The third-order valence-electron chi connectivity index (χ3n) is 3.73. The van der Waals surface area contributed by atoms with E-state index < -0.39 is 18.0 Å². The lowest BCUT2D eigenvalue weighted by molar-refractivity contribution is -0.141. The molecule has 1 unspecified atom stereocenters. The molecule has 1 heterocycles. The van der Waals surface area contributed by atoms with Crippen molar-refractivity contribution in [1.82, 2.24) is 10.6 Å². The van der Waals surface area contributed by atoms with Gasteiger partial charge in [-0.25, -0.2) is 9.59 Å². The lowest BCUT2D eigenvalue weighted by Crippen LogP contribution is -2.50. The summed E-state index contributed by atoms with van der Waals surface area (Å²) in [4.78, 5) is 24.2. The molecule has 2 rings (SSSR count). The Kier molecular flexibility index (Phi) is 5.87. The van der Waals surface area contributed by atoms with E-state index in [-0.39, 0.29) is 5.92 Å². The van der Waals surface area contributed by atoms with Gasteiger partial charge in [-0.3, -0.25) is 0 Å². The fourth-order valence-corrected chi connectivity index (χ4v) is 3.68. The summed E-state index contributed by atoms with van der Waals surface area (Å²) in [5.74, 6) is -0.936. The van der Waals surface area contributed by atoms with Crippen LogP contribution in [0.5, 0.6) is 0 Å². The van der Waals surface area contributed by atoms with Gasteiger partial charge in [-0.15, -0.1) is 11.3 Å². The molecule has 1 aromatic heterocycles. The van der Waals surface area contributed by atoms with E-state index in [0.717, 1.165) is 37.0 Å². The minimum absolute atomic E-state index is 0.0261. The fourth-order valence-electron chi connectivity index (χ4n) is 2.66. The van der Waals surface area contributed by atoms with E-state index in [1.807, 2.05) is 6.07 Å². The van der Waals surface area contributed by atoms with Crippen LogP contribution in [-0.4, -0.2) is 23.1 Å². The Balaban J connectivity index is 1.84. The number of carbonyl (C=O) groups is 2. The van der Waals surface area contributed by atoms with E-state index in [2.05, 4.69) is 10.6 Å². The van der Waals surface area contributed by atoms with Gasteiger partial charge in [0.05, 0.1) is 10.9 Å².